The van der Waals surface area contributed by atoms with E-state index < -0.39 is 0 Å². The number of aromatic nitrogens is 2. The summed E-state index contributed by atoms with van der Waals surface area (Å²) in [4.78, 5) is 17.2. The molecule has 4 heterocycles. The number of aryl methyl sites for hydroxylation is 2. The predicted molar refractivity (Wildman–Crippen MR) is 151 cm³/mol. The summed E-state index contributed by atoms with van der Waals surface area (Å²) in [7, 11) is 0. The molecule has 0 amide bonds. The zero-order chi connectivity index (χ0) is 25.4. The second kappa shape index (κ2) is 9.85. The van der Waals surface area contributed by atoms with Crippen molar-refractivity contribution in [2.24, 2.45) is 9.98 Å². The number of allylic oxidation sites excluding steroid dienone is 4. The van der Waals surface area contributed by atoms with Gasteiger partial charge in [-0.3, -0.25) is 9.98 Å². The molecule has 0 radical (unpaired) electrons. The molecule has 2 N–H and O–H groups in total. The Balaban J connectivity index is 1.70. The van der Waals surface area contributed by atoms with Gasteiger partial charge < -0.3 is 9.97 Å². The molecule has 2 aliphatic heterocycles. The summed E-state index contributed by atoms with van der Waals surface area (Å²) in [6.45, 7) is 19.7. The summed E-state index contributed by atoms with van der Waals surface area (Å²) in [6.07, 6.45) is 8.27. The van der Waals surface area contributed by atoms with Crippen molar-refractivity contribution in [3.63, 3.8) is 0 Å². The van der Waals surface area contributed by atoms with E-state index in [2.05, 4.69) is 90.5 Å². The number of aromatic amines is 2. The van der Waals surface area contributed by atoms with Crippen LogP contribution in [0.4, 0.5) is 0 Å². The molecule has 0 bridgehead atoms. The van der Waals surface area contributed by atoms with E-state index in [9.17, 15) is 0 Å². The highest BCUT2D eigenvalue weighted by Crippen LogP contribution is 2.34. The van der Waals surface area contributed by atoms with Crippen LogP contribution in [0.5, 0.6) is 0 Å². The minimum atomic E-state index is 0.819. The molecule has 0 saturated carbocycles. The average Bonchev–Trinajstić information content (AvgIpc) is 3.47. The molecule has 0 aliphatic carbocycles. The van der Waals surface area contributed by atoms with Crippen LogP contribution in [0, 0.1) is 20.8 Å². The first kappa shape index (κ1) is 25.0. The first-order valence-corrected chi connectivity index (χ1v) is 13.0. The Hall–Kier alpha value is -3.14. The lowest BCUT2D eigenvalue weighted by molar-refractivity contribution is 1.06. The summed E-state index contributed by atoms with van der Waals surface area (Å²) < 4.78 is 0. The Labute approximate surface area is 210 Å². The number of nitrogens with zero attached hydrogens (tertiary/aromatic N) is 2. The summed E-state index contributed by atoms with van der Waals surface area (Å²) in [5, 5.41) is 0. The van der Waals surface area contributed by atoms with E-state index in [1.165, 1.54) is 61.8 Å². The summed E-state index contributed by atoms with van der Waals surface area (Å²) >= 11 is 0. The molecule has 4 rings (SSSR count). The van der Waals surface area contributed by atoms with E-state index in [1.54, 1.807) is 0 Å². The Morgan fingerprint density at radius 1 is 0.743 bits per heavy atom. The van der Waals surface area contributed by atoms with Gasteiger partial charge in [0.1, 0.15) is 0 Å². The van der Waals surface area contributed by atoms with Gasteiger partial charge in [0.2, 0.25) is 0 Å². The normalized spacial score (nSPS) is 18.5. The van der Waals surface area contributed by atoms with Crippen LogP contribution in [-0.2, 0) is 12.8 Å². The molecule has 0 fully saturated rings. The first-order valence-electron chi connectivity index (χ1n) is 13.0. The topological polar surface area (TPSA) is 56.3 Å². The Kier molecular flexibility index (Phi) is 7.02. The molecular weight excluding hydrogens is 428 g/mol. The lowest BCUT2D eigenvalue weighted by atomic mass is 9.98. The van der Waals surface area contributed by atoms with Gasteiger partial charge in [-0.15, -0.1) is 0 Å². The molecule has 35 heavy (non-hydrogen) atoms. The van der Waals surface area contributed by atoms with Crippen molar-refractivity contribution in [2.75, 3.05) is 0 Å². The highest BCUT2D eigenvalue weighted by atomic mass is 14.8. The van der Waals surface area contributed by atoms with Crippen LogP contribution in [0.15, 0.2) is 49.7 Å². The summed E-state index contributed by atoms with van der Waals surface area (Å²) in [6, 6.07) is 2.19. The Bertz CT molecular complexity index is 1360. The second-order valence-corrected chi connectivity index (χ2v) is 9.93. The van der Waals surface area contributed by atoms with Crippen molar-refractivity contribution >= 4 is 23.6 Å². The quantitative estimate of drug-likeness (QED) is 0.412. The highest BCUT2D eigenvalue weighted by molar-refractivity contribution is 6.06. The van der Waals surface area contributed by atoms with Gasteiger partial charge >= 0.3 is 0 Å². The number of rotatable bonds is 7. The van der Waals surface area contributed by atoms with Gasteiger partial charge in [0, 0.05) is 34.9 Å². The number of nitrogens with one attached hydrogen (secondary N) is 2. The van der Waals surface area contributed by atoms with E-state index in [4.69, 9.17) is 9.98 Å². The monoisotopic (exact) mass is 468 g/mol. The van der Waals surface area contributed by atoms with Gasteiger partial charge in [-0.1, -0.05) is 20.8 Å². The van der Waals surface area contributed by atoms with Crippen molar-refractivity contribution in [1.82, 2.24) is 9.97 Å². The molecule has 0 unspecified atom stereocenters. The molecule has 2 aromatic rings. The van der Waals surface area contributed by atoms with Crippen molar-refractivity contribution in [3.8, 4) is 0 Å². The lowest BCUT2D eigenvalue weighted by Gasteiger charge is -2.05. The summed E-state index contributed by atoms with van der Waals surface area (Å²) in [5.74, 6) is 0. The van der Waals surface area contributed by atoms with Gasteiger partial charge in [-0.2, -0.15) is 0 Å². The van der Waals surface area contributed by atoms with Gasteiger partial charge in [0.15, 0.2) is 0 Å². The van der Waals surface area contributed by atoms with Gasteiger partial charge in [0.05, 0.1) is 17.1 Å². The Morgan fingerprint density at radius 3 is 2.00 bits per heavy atom. The van der Waals surface area contributed by atoms with E-state index >= 15 is 0 Å². The van der Waals surface area contributed by atoms with Crippen LogP contribution in [0.3, 0.4) is 0 Å². The van der Waals surface area contributed by atoms with Crippen LogP contribution in [-0.4, -0.2) is 21.4 Å². The van der Waals surface area contributed by atoms with Crippen LogP contribution in [0.2, 0.25) is 0 Å². The average molecular weight is 469 g/mol. The third-order valence-corrected chi connectivity index (χ3v) is 7.68. The molecule has 4 heteroatoms. The van der Waals surface area contributed by atoms with E-state index in [-0.39, 0.29) is 0 Å². The standard InChI is InChI=1S/C31H40N4/c1-10-23-19(6)27(33-22(23)9)15-28-20(7)25(12-3)31(34-28)16-29-21(8)24(11-2)30(35-29)14-26-17(4)13-18(5)32-26/h13-15,32,34H,10-12,16H2,1-9H3/b27-15-,30-14-. The Morgan fingerprint density at radius 2 is 1.43 bits per heavy atom. The van der Waals surface area contributed by atoms with Gasteiger partial charge in [0.25, 0.3) is 0 Å². The fourth-order valence-corrected chi connectivity index (χ4v) is 5.66. The number of hydrogen-bond donors (Lipinski definition) is 2. The zero-order valence-electron chi connectivity index (χ0n) is 23.0. The maximum atomic E-state index is 5.14. The zero-order valence-corrected chi connectivity index (χ0v) is 23.0. The third-order valence-electron chi connectivity index (χ3n) is 7.68. The molecule has 0 spiro atoms. The number of aliphatic imine (C=N–C) groups is 2. The predicted octanol–water partition coefficient (Wildman–Crippen LogP) is 8.14. The second-order valence-electron chi connectivity index (χ2n) is 9.93. The van der Waals surface area contributed by atoms with Crippen LogP contribution in [0.1, 0.15) is 93.9 Å². The molecule has 2 aliphatic rings. The molecule has 4 nitrogen and oxygen atoms in total. The molecular formula is C31H40N4. The molecule has 0 saturated heterocycles. The number of H-pyrrole nitrogens is 2. The largest absolute Gasteiger partial charge is 0.359 e. The number of hydrogen-bond acceptors (Lipinski definition) is 2. The minimum absolute atomic E-state index is 0.819. The van der Waals surface area contributed by atoms with Crippen LogP contribution in [0.25, 0.3) is 12.2 Å². The molecule has 2 aromatic heterocycles. The van der Waals surface area contributed by atoms with Crippen LogP contribution < -0.4 is 0 Å². The maximum absolute atomic E-state index is 5.14. The highest BCUT2D eigenvalue weighted by Gasteiger charge is 2.23. The smallest absolute Gasteiger partial charge is 0.0689 e. The molecule has 184 valence electrons. The maximum Gasteiger partial charge on any atom is 0.0689 e. The van der Waals surface area contributed by atoms with Crippen molar-refractivity contribution < 1.29 is 0 Å². The molecule has 0 atom stereocenters. The van der Waals surface area contributed by atoms with E-state index in [0.717, 1.165) is 48.5 Å². The molecule has 0 aromatic carbocycles. The fourth-order valence-electron chi connectivity index (χ4n) is 5.66. The van der Waals surface area contributed by atoms with Gasteiger partial charge in [-0.25, -0.2) is 0 Å². The fraction of sp³-hybridized carbons (Fsp3) is 0.419. The minimum Gasteiger partial charge on any atom is -0.359 e. The van der Waals surface area contributed by atoms with Crippen molar-refractivity contribution in [1.29, 1.82) is 0 Å². The van der Waals surface area contributed by atoms with E-state index in [1.807, 2.05) is 0 Å². The SMILES string of the molecule is CCC1=C(C)/C(=C/c2[nH]c(CC3=N/C(=C\c4[nH]c(C)cc4C)C(CC)=C3C)c(CC)c2C)N=C1C. The first-order chi connectivity index (χ1) is 16.7. The third kappa shape index (κ3) is 4.59. The van der Waals surface area contributed by atoms with Crippen molar-refractivity contribution in [3.05, 3.63) is 79.2 Å². The van der Waals surface area contributed by atoms with Crippen molar-refractivity contribution in [2.45, 2.75) is 88.0 Å². The van der Waals surface area contributed by atoms with Gasteiger partial charge in [-0.05, 0) is 118 Å². The lowest BCUT2D eigenvalue weighted by Crippen LogP contribution is -2.05. The summed E-state index contributed by atoms with van der Waals surface area (Å²) in [5.41, 5.74) is 18.6. The van der Waals surface area contributed by atoms with Crippen LogP contribution >= 0.6 is 0 Å². The van der Waals surface area contributed by atoms with E-state index in [0.29, 0.717) is 0 Å².